The van der Waals surface area contributed by atoms with Gasteiger partial charge in [-0.1, -0.05) is 0 Å². The Balaban J connectivity index is 2.76. The highest BCUT2D eigenvalue weighted by Crippen LogP contribution is 1.94. The lowest BCUT2D eigenvalue weighted by molar-refractivity contribution is 0.478. The summed E-state index contributed by atoms with van der Waals surface area (Å²) in [6.07, 6.45) is 1.42. The standard InChI is InChI=1S/C3H3FN2S/c4-1-3-2-5-7-6-3/h2H,1H2. The third kappa shape index (κ3) is 0.928. The van der Waals surface area contributed by atoms with Crippen molar-refractivity contribution in [3.05, 3.63) is 11.9 Å². The number of nitrogens with zero attached hydrogens (tertiary/aromatic N) is 2. The van der Waals surface area contributed by atoms with Crippen molar-refractivity contribution in [2.45, 2.75) is 6.67 Å². The van der Waals surface area contributed by atoms with Gasteiger partial charge in [0.25, 0.3) is 0 Å². The molecule has 1 aromatic rings. The summed E-state index contributed by atoms with van der Waals surface area (Å²) in [5.74, 6) is 0. The first-order valence-electron chi connectivity index (χ1n) is 1.76. The lowest BCUT2D eigenvalue weighted by Crippen LogP contribution is -1.71. The molecule has 0 aromatic carbocycles. The van der Waals surface area contributed by atoms with Crippen LogP contribution in [0.3, 0.4) is 0 Å². The summed E-state index contributed by atoms with van der Waals surface area (Å²) < 4.78 is 18.6. The number of rotatable bonds is 1. The van der Waals surface area contributed by atoms with Crippen LogP contribution in [-0.4, -0.2) is 8.75 Å². The van der Waals surface area contributed by atoms with Gasteiger partial charge in [0.2, 0.25) is 0 Å². The van der Waals surface area contributed by atoms with Crippen LogP contribution in [0.15, 0.2) is 6.20 Å². The Morgan fingerprint density at radius 2 is 2.71 bits per heavy atom. The zero-order chi connectivity index (χ0) is 5.11. The summed E-state index contributed by atoms with van der Waals surface area (Å²) in [6.45, 7) is -0.503. The van der Waals surface area contributed by atoms with Gasteiger partial charge in [-0.25, -0.2) is 4.39 Å². The maximum absolute atomic E-state index is 11.5. The molecule has 0 saturated heterocycles. The van der Waals surface area contributed by atoms with Crippen LogP contribution in [0.2, 0.25) is 0 Å². The molecule has 1 rings (SSSR count). The molecule has 0 amide bonds. The molecule has 2 nitrogen and oxygen atoms in total. The Kier molecular flexibility index (Phi) is 1.31. The lowest BCUT2D eigenvalue weighted by Gasteiger charge is -1.71. The third-order valence-electron chi connectivity index (χ3n) is 0.544. The predicted molar refractivity (Wildman–Crippen MR) is 24.7 cm³/mol. The highest BCUT2D eigenvalue weighted by Gasteiger charge is 1.89. The van der Waals surface area contributed by atoms with Gasteiger partial charge in [0.1, 0.15) is 12.4 Å². The van der Waals surface area contributed by atoms with E-state index in [0.717, 1.165) is 11.7 Å². The van der Waals surface area contributed by atoms with E-state index in [1.54, 1.807) is 0 Å². The summed E-state index contributed by atoms with van der Waals surface area (Å²) in [5, 5.41) is 0. The van der Waals surface area contributed by atoms with Gasteiger partial charge in [0.15, 0.2) is 0 Å². The molecule has 0 aliphatic carbocycles. The van der Waals surface area contributed by atoms with Crippen LogP contribution in [-0.2, 0) is 6.67 Å². The molecule has 0 bridgehead atoms. The maximum atomic E-state index is 11.5. The predicted octanol–water partition coefficient (Wildman–Crippen LogP) is 1.01. The van der Waals surface area contributed by atoms with E-state index in [1.165, 1.54) is 6.20 Å². The maximum Gasteiger partial charge on any atom is 0.134 e. The number of alkyl halides is 1. The summed E-state index contributed by atoms with van der Waals surface area (Å²) in [4.78, 5) is 0. The van der Waals surface area contributed by atoms with Crippen LogP contribution < -0.4 is 0 Å². The van der Waals surface area contributed by atoms with Crippen molar-refractivity contribution in [3.63, 3.8) is 0 Å². The van der Waals surface area contributed by atoms with Crippen molar-refractivity contribution in [1.82, 2.24) is 8.75 Å². The van der Waals surface area contributed by atoms with Crippen LogP contribution in [0.25, 0.3) is 0 Å². The summed E-state index contributed by atoms with van der Waals surface area (Å²) in [5.41, 5.74) is 0.421. The monoisotopic (exact) mass is 118 g/mol. The van der Waals surface area contributed by atoms with Crippen LogP contribution in [0.1, 0.15) is 5.69 Å². The molecule has 0 N–H and O–H groups in total. The minimum Gasteiger partial charge on any atom is -0.244 e. The molecule has 0 radical (unpaired) electrons. The summed E-state index contributed by atoms with van der Waals surface area (Å²) in [7, 11) is 0. The molecule has 0 aliphatic rings. The smallest absolute Gasteiger partial charge is 0.134 e. The van der Waals surface area contributed by atoms with Gasteiger partial charge in [-0.3, -0.25) is 0 Å². The van der Waals surface area contributed by atoms with E-state index in [9.17, 15) is 4.39 Å². The number of halogens is 1. The zero-order valence-corrected chi connectivity index (χ0v) is 4.28. The quantitative estimate of drug-likeness (QED) is 0.550. The van der Waals surface area contributed by atoms with Gasteiger partial charge in [0.05, 0.1) is 17.9 Å². The average molecular weight is 118 g/mol. The summed E-state index contributed by atoms with van der Waals surface area (Å²) in [6, 6.07) is 0. The molecule has 0 atom stereocenters. The number of hydrogen-bond acceptors (Lipinski definition) is 3. The zero-order valence-electron chi connectivity index (χ0n) is 3.47. The molecule has 38 valence electrons. The van der Waals surface area contributed by atoms with E-state index >= 15 is 0 Å². The van der Waals surface area contributed by atoms with Gasteiger partial charge < -0.3 is 0 Å². The first-order chi connectivity index (χ1) is 3.43. The topological polar surface area (TPSA) is 25.8 Å². The highest BCUT2D eigenvalue weighted by molar-refractivity contribution is 6.99. The van der Waals surface area contributed by atoms with Gasteiger partial charge >= 0.3 is 0 Å². The second kappa shape index (κ2) is 1.97. The van der Waals surface area contributed by atoms with E-state index in [-0.39, 0.29) is 0 Å². The number of hydrogen-bond donors (Lipinski definition) is 0. The summed E-state index contributed by atoms with van der Waals surface area (Å²) >= 11 is 1.02. The lowest BCUT2D eigenvalue weighted by atomic mass is 10.5. The third-order valence-corrected chi connectivity index (χ3v) is 1.06. The Morgan fingerprint density at radius 1 is 1.86 bits per heavy atom. The highest BCUT2D eigenvalue weighted by atomic mass is 32.1. The number of aromatic nitrogens is 2. The molecular weight excluding hydrogens is 115 g/mol. The van der Waals surface area contributed by atoms with E-state index in [4.69, 9.17) is 0 Å². The Labute approximate surface area is 44.3 Å². The first kappa shape index (κ1) is 4.64. The van der Waals surface area contributed by atoms with Gasteiger partial charge in [-0.2, -0.15) is 8.75 Å². The van der Waals surface area contributed by atoms with E-state index in [0.29, 0.717) is 5.69 Å². The van der Waals surface area contributed by atoms with Gasteiger partial charge in [-0.15, -0.1) is 0 Å². The van der Waals surface area contributed by atoms with Crippen molar-refractivity contribution < 1.29 is 4.39 Å². The minimum atomic E-state index is -0.503. The second-order valence-corrected chi connectivity index (χ2v) is 1.59. The van der Waals surface area contributed by atoms with Crippen LogP contribution in [0.4, 0.5) is 4.39 Å². The van der Waals surface area contributed by atoms with Crippen molar-refractivity contribution in [2.75, 3.05) is 0 Å². The van der Waals surface area contributed by atoms with Crippen molar-refractivity contribution >= 4 is 11.7 Å². The average Bonchev–Trinajstić information content (AvgIpc) is 2.14. The Bertz CT molecular complexity index is 127. The molecule has 7 heavy (non-hydrogen) atoms. The molecule has 4 heteroatoms. The van der Waals surface area contributed by atoms with Gasteiger partial charge in [0, 0.05) is 0 Å². The van der Waals surface area contributed by atoms with E-state index < -0.39 is 6.67 Å². The second-order valence-electron chi connectivity index (χ2n) is 1.03. The first-order valence-corrected chi connectivity index (χ1v) is 2.49. The van der Waals surface area contributed by atoms with Crippen molar-refractivity contribution in [2.24, 2.45) is 0 Å². The van der Waals surface area contributed by atoms with Crippen molar-refractivity contribution in [3.8, 4) is 0 Å². The molecule has 0 unspecified atom stereocenters. The van der Waals surface area contributed by atoms with Crippen LogP contribution in [0, 0.1) is 0 Å². The molecular formula is C3H3FN2S. The Morgan fingerprint density at radius 3 is 3.00 bits per heavy atom. The largest absolute Gasteiger partial charge is 0.244 e. The molecule has 1 heterocycles. The van der Waals surface area contributed by atoms with Crippen LogP contribution in [0.5, 0.6) is 0 Å². The molecule has 0 saturated carbocycles. The van der Waals surface area contributed by atoms with Crippen molar-refractivity contribution in [1.29, 1.82) is 0 Å². The van der Waals surface area contributed by atoms with E-state index in [1.807, 2.05) is 0 Å². The molecule has 1 aromatic heterocycles. The van der Waals surface area contributed by atoms with E-state index in [2.05, 4.69) is 8.75 Å². The fraction of sp³-hybridized carbons (Fsp3) is 0.333. The minimum absolute atomic E-state index is 0.421. The fourth-order valence-corrected chi connectivity index (χ4v) is 0.660. The van der Waals surface area contributed by atoms with Gasteiger partial charge in [-0.05, 0) is 0 Å². The molecule has 0 aliphatic heterocycles. The molecule has 0 fully saturated rings. The Hall–Kier alpha value is -0.510. The van der Waals surface area contributed by atoms with Crippen LogP contribution >= 0.6 is 11.7 Å². The fourth-order valence-electron chi connectivity index (χ4n) is 0.243. The SMILES string of the molecule is FCc1cnsn1. The normalized spacial score (nSPS) is 9.29. The molecule has 0 spiro atoms.